The number of thiazole rings is 1. The van der Waals surface area contributed by atoms with Gasteiger partial charge in [-0.25, -0.2) is 13.4 Å². The maximum atomic E-state index is 12.1. The van der Waals surface area contributed by atoms with Gasteiger partial charge in [-0.15, -0.1) is 0 Å². The molecule has 1 heterocycles. The number of nitrogens with one attached hydrogen (secondary N) is 1. The lowest BCUT2D eigenvalue weighted by atomic mass is 10.3. The second kappa shape index (κ2) is 5.35. The van der Waals surface area contributed by atoms with Gasteiger partial charge in [-0.1, -0.05) is 29.0 Å². The van der Waals surface area contributed by atoms with E-state index in [-0.39, 0.29) is 25.7 Å². The molecule has 1 aromatic heterocycles. The van der Waals surface area contributed by atoms with Crippen molar-refractivity contribution in [1.82, 2.24) is 4.98 Å². The Balaban J connectivity index is 2.36. The quantitative estimate of drug-likeness (QED) is 0.684. The Morgan fingerprint density at radius 2 is 2.15 bits per heavy atom. The maximum Gasteiger partial charge on any atom is 0.273 e. The number of anilines is 1. The van der Waals surface area contributed by atoms with Crippen LogP contribution >= 0.6 is 22.9 Å². The van der Waals surface area contributed by atoms with Crippen molar-refractivity contribution in [3.63, 3.8) is 0 Å². The smallest absolute Gasteiger partial charge is 0.273 e. The Labute approximate surface area is 123 Å². The van der Waals surface area contributed by atoms with Gasteiger partial charge in [-0.2, -0.15) is 0 Å². The summed E-state index contributed by atoms with van der Waals surface area (Å²) in [4.78, 5) is 13.9. The minimum Gasteiger partial charge on any atom is -0.279 e. The van der Waals surface area contributed by atoms with Gasteiger partial charge in [0.15, 0.2) is 8.68 Å². The summed E-state index contributed by atoms with van der Waals surface area (Å²) in [6.07, 6.45) is 0. The third-order valence-corrected chi connectivity index (χ3v) is 5.53. The van der Waals surface area contributed by atoms with Crippen LogP contribution in [-0.4, -0.2) is 18.3 Å². The van der Waals surface area contributed by atoms with E-state index in [0.29, 0.717) is 0 Å². The highest BCUT2D eigenvalue weighted by molar-refractivity contribution is 7.94. The number of aromatic nitrogens is 1. The average Bonchev–Trinajstić information content (AvgIpc) is 2.69. The Bertz CT molecular complexity index is 773. The molecule has 7 nitrogen and oxygen atoms in total. The molecule has 0 radical (unpaired) electrons. The number of halogens is 1. The SMILES string of the molecule is Cc1nc(Cl)sc1S(=O)(=O)Nc1cccc([N+](=O)[O-])c1. The van der Waals surface area contributed by atoms with Crippen LogP contribution in [0.1, 0.15) is 5.69 Å². The molecule has 0 amide bonds. The molecular weight excluding hydrogens is 326 g/mol. The van der Waals surface area contributed by atoms with Gasteiger partial charge in [0.25, 0.3) is 15.7 Å². The average molecular weight is 334 g/mol. The van der Waals surface area contributed by atoms with E-state index in [9.17, 15) is 18.5 Å². The summed E-state index contributed by atoms with van der Waals surface area (Å²) in [6.45, 7) is 1.52. The summed E-state index contributed by atoms with van der Waals surface area (Å²) in [6, 6.07) is 5.22. The van der Waals surface area contributed by atoms with Gasteiger partial charge in [-0.3, -0.25) is 14.8 Å². The van der Waals surface area contributed by atoms with Crippen LogP contribution in [-0.2, 0) is 10.0 Å². The molecule has 0 bridgehead atoms. The molecule has 106 valence electrons. The van der Waals surface area contributed by atoms with E-state index in [0.717, 1.165) is 17.4 Å². The van der Waals surface area contributed by atoms with Gasteiger partial charge in [-0.05, 0) is 13.0 Å². The third kappa shape index (κ3) is 3.06. The number of non-ortho nitro benzene ring substituents is 1. The van der Waals surface area contributed by atoms with Crippen molar-refractivity contribution in [2.24, 2.45) is 0 Å². The molecule has 0 fully saturated rings. The summed E-state index contributed by atoms with van der Waals surface area (Å²) >= 11 is 6.49. The van der Waals surface area contributed by atoms with Gasteiger partial charge < -0.3 is 0 Å². The van der Waals surface area contributed by atoms with Crippen molar-refractivity contribution < 1.29 is 13.3 Å². The van der Waals surface area contributed by atoms with Crippen LogP contribution in [0, 0.1) is 17.0 Å². The first-order chi connectivity index (χ1) is 9.29. The Morgan fingerprint density at radius 3 is 2.70 bits per heavy atom. The fraction of sp³-hybridized carbons (Fsp3) is 0.100. The Morgan fingerprint density at radius 1 is 1.45 bits per heavy atom. The molecule has 0 atom stereocenters. The van der Waals surface area contributed by atoms with Crippen LogP contribution in [0.3, 0.4) is 0 Å². The molecule has 0 aliphatic rings. The molecule has 20 heavy (non-hydrogen) atoms. The Hall–Kier alpha value is -1.71. The van der Waals surface area contributed by atoms with Crippen LogP contribution in [0.25, 0.3) is 0 Å². The van der Waals surface area contributed by atoms with E-state index in [1.54, 1.807) is 0 Å². The predicted molar refractivity (Wildman–Crippen MR) is 75.8 cm³/mol. The standard InChI is InChI=1S/C10H8ClN3O4S2/c1-6-9(19-10(11)12-6)20(17,18)13-7-3-2-4-8(5-7)14(15)16/h2-5,13H,1H3. The summed E-state index contributed by atoms with van der Waals surface area (Å²) < 4.78 is 26.7. The van der Waals surface area contributed by atoms with Crippen molar-refractivity contribution >= 4 is 44.3 Å². The molecular formula is C10H8ClN3O4S2. The van der Waals surface area contributed by atoms with Crippen molar-refractivity contribution in [3.05, 3.63) is 44.5 Å². The van der Waals surface area contributed by atoms with E-state index in [4.69, 9.17) is 11.6 Å². The minimum atomic E-state index is -3.87. The van der Waals surface area contributed by atoms with Crippen molar-refractivity contribution in [2.75, 3.05) is 4.72 Å². The summed E-state index contributed by atoms with van der Waals surface area (Å²) in [5.74, 6) is 0. The largest absolute Gasteiger partial charge is 0.279 e. The first kappa shape index (κ1) is 14.7. The molecule has 2 rings (SSSR count). The van der Waals surface area contributed by atoms with Gasteiger partial charge in [0.05, 0.1) is 16.3 Å². The van der Waals surface area contributed by atoms with E-state index in [1.807, 2.05) is 0 Å². The molecule has 0 saturated heterocycles. The molecule has 1 aromatic carbocycles. The molecule has 0 aliphatic heterocycles. The van der Waals surface area contributed by atoms with Crippen molar-refractivity contribution in [2.45, 2.75) is 11.1 Å². The van der Waals surface area contributed by atoms with E-state index < -0.39 is 14.9 Å². The fourth-order valence-corrected chi connectivity index (χ4v) is 4.27. The lowest BCUT2D eigenvalue weighted by Crippen LogP contribution is -2.12. The molecule has 0 unspecified atom stereocenters. The van der Waals surface area contributed by atoms with Crippen molar-refractivity contribution in [1.29, 1.82) is 0 Å². The summed E-state index contributed by atoms with van der Waals surface area (Å²) in [5.41, 5.74) is 0.172. The zero-order valence-corrected chi connectivity index (χ0v) is 12.4. The number of hydrogen-bond acceptors (Lipinski definition) is 6. The molecule has 2 aromatic rings. The van der Waals surface area contributed by atoms with Crippen LogP contribution in [0.5, 0.6) is 0 Å². The lowest BCUT2D eigenvalue weighted by molar-refractivity contribution is -0.384. The minimum absolute atomic E-state index is 0.0194. The number of hydrogen-bond donors (Lipinski definition) is 1. The number of benzene rings is 1. The number of aryl methyl sites for hydroxylation is 1. The summed E-state index contributed by atoms with van der Waals surface area (Å²) in [5, 5.41) is 10.6. The molecule has 0 spiro atoms. The fourth-order valence-electron chi connectivity index (χ4n) is 1.48. The zero-order valence-electron chi connectivity index (χ0n) is 10.0. The summed E-state index contributed by atoms with van der Waals surface area (Å²) in [7, 11) is -3.87. The van der Waals surface area contributed by atoms with E-state index in [2.05, 4.69) is 9.71 Å². The first-order valence-electron chi connectivity index (χ1n) is 5.20. The number of rotatable bonds is 4. The number of nitro groups is 1. The van der Waals surface area contributed by atoms with Gasteiger partial charge in [0.1, 0.15) is 0 Å². The van der Waals surface area contributed by atoms with Gasteiger partial charge >= 0.3 is 0 Å². The second-order valence-electron chi connectivity index (χ2n) is 3.75. The lowest BCUT2D eigenvalue weighted by Gasteiger charge is -2.06. The normalized spacial score (nSPS) is 11.3. The second-order valence-corrected chi connectivity index (χ2v) is 7.21. The van der Waals surface area contributed by atoms with Crippen LogP contribution in [0.2, 0.25) is 4.47 Å². The monoisotopic (exact) mass is 333 g/mol. The van der Waals surface area contributed by atoms with Crippen LogP contribution in [0.4, 0.5) is 11.4 Å². The number of nitrogens with zero attached hydrogens (tertiary/aromatic N) is 2. The van der Waals surface area contributed by atoms with Crippen LogP contribution < -0.4 is 4.72 Å². The highest BCUT2D eigenvalue weighted by Gasteiger charge is 2.22. The third-order valence-electron chi connectivity index (χ3n) is 2.28. The molecule has 0 aliphatic carbocycles. The molecule has 1 N–H and O–H groups in total. The van der Waals surface area contributed by atoms with Gasteiger partial charge in [0, 0.05) is 12.1 Å². The number of nitro benzene ring substituents is 1. The van der Waals surface area contributed by atoms with Crippen LogP contribution in [0.15, 0.2) is 28.5 Å². The highest BCUT2D eigenvalue weighted by atomic mass is 35.5. The van der Waals surface area contributed by atoms with E-state index in [1.165, 1.54) is 25.1 Å². The zero-order chi connectivity index (χ0) is 14.9. The molecule has 0 saturated carbocycles. The number of sulfonamides is 1. The van der Waals surface area contributed by atoms with Gasteiger partial charge in [0.2, 0.25) is 0 Å². The first-order valence-corrected chi connectivity index (χ1v) is 7.87. The topological polar surface area (TPSA) is 102 Å². The highest BCUT2D eigenvalue weighted by Crippen LogP contribution is 2.29. The maximum absolute atomic E-state index is 12.1. The van der Waals surface area contributed by atoms with Crippen molar-refractivity contribution in [3.8, 4) is 0 Å². The molecule has 10 heteroatoms. The van der Waals surface area contributed by atoms with E-state index >= 15 is 0 Å². The predicted octanol–water partition coefficient (Wildman–Crippen LogP) is 2.81. The Kier molecular flexibility index (Phi) is 3.93.